The van der Waals surface area contributed by atoms with Crippen LogP contribution in [0.2, 0.25) is 0 Å². The molecule has 102 valence electrons. The molecule has 0 aliphatic heterocycles. The highest BCUT2D eigenvalue weighted by Crippen LogP contribution is 2.35. The van der Waals surface area contributed by atoms with Crippen LogP contribution in [0.1, 0.15) is 11.7 Å². The molecule has 0 spiro atoms. The van der Waals surface area contributed by atoms with E-state index >= 15 is 0 Å². The molecule has 0 aromatic heterocycles. The number of benzene rings is 3. The van der Waals surface area contributed by atoms with Crippen molar-refractivity contribution in [3.8, 4) is 0 Å². The summed E-state index contributed by atoms with van der Waals surface area (Å²) in [7, 11) is 0. The van der Waals surface area contributed by atoms with Crippen molar-refractivity contribution in [2.75, 3.05) is 5.33 Å². The number of rotatable bonds is 2. The first kappa shape index (κ1) is 14.5. The number of hydrogen-bond acceptors (Lipinski definition) is 1. The minimum Gasteiger partial charge on any atom is -0.388 e. The second-order valence-corrected chi connectivity index (χ2v) is 7.17. The molecule has 3 aromatic rings. The number of fused-ring (bicyclic) bond motifs is 3. The van der Waals surface area contributed by atoms with E-state index in [4.69, 9.17) is 0 Å². The van der Waals surface area contributed by atoms with E-state index in [0.717, 1.165) is 30.7 Å². The lowest BCUT2D eigenvalue weighted by molar-refractivity contribution is 0.207. The molecule has 0 saturated carbocycles. The lowest BCUT2D eigenvalue weighted by Crippen LogP contribution is -1.99. The summed E-state index contributed by atoms with van der Waals surface area (Å²) in [6.07, 6.45) is -0.512. The molecule has 1 nitrogen and oxygen atoms in total. The van der Waals surface area contributed by atoms with Gasteiger partial charge in [0, 0.05) is 14.3 Å². The minimum atomic E-state index is -0.512. The van der Waals surface area contributed by atoms with Crippen LogP contribution in [0.5, 0.6) is 0 Å². The van der Waals surface area contributed by atoms with E-state index < -0.39 is 6.10 Å². The van der Waals surface area contributed by atoms with Gasteiger partial charge in [-0.05, 0) is 57.4 Å². The standard InChI is InChI=1S/C16H11Br3O/c17-8-16(20)15-6-9-5-10(18)1-3-12(9)14-7-11(19)2-4-13(14)15/h1-7,16,20H,8H2/t16-/m1/s1. The number of hydrogen-bond donors (Lipinski definition) is 1. The van der Waals surface area contributed by atoms with Crippen molar-refractivity contribution in [1.29, 1.82) is 0 Å². The van der Waals surface area contributed by atoms with Crippen LogP contribution < -0.4 is 0 Å². The van der Waals surface area contributed by atoms with Gasteiger partial charge in [0.25, 0.3) is 0 Å². The molecule has 1 N–H and O–H groups in total. The van der Waals surface area contributed by atoms with Crippen LogP contribution in [0, 0.1) is 0 Å². The molecule has 0 aliphatic rings. The predicted molar refractivity (Wildman–Crippen MR) is 95.6 cm³/mol. The van der Waals surface area contributed by atoms with E-state index in [1.54, 1.807) is 0 Å². The summed E-state index contributed by atoms with van der Waals surface area (Å²) in [6, 6.07) is 14.5. The Morgan fingerprint density at radius 3 is 2.20 bits per heavy atom. The molecule has 0 unspecified atom stereocenters. The third-order valence-electron chi connectivity index (χ3n) is 3.41. The van der Waals surface area contributed by atoms with Crippen LogP contribution in [-0.2, 0) is 0 Å². The quantitative estimate of drug-likeness (QED) is 0.372. The Kier molecular flexibility index (Phi) is 4.18. The molecule has 0 amide bonds. The van der Waals surface area contributed by atoms with E-state index in [1.807, 2.05) is 12.1 Å². The van der Waals surface area contributed by atoms with E-state index in [2.05, 4.69) is 78.1 Å². The van der Waals surface area contributed by atoms with Gasteiger partial charge in [-0.25, -0.2) is 0 Å². The summed E-state index contributed by atoms with van der Waals surface area (Å²) in [5.74, 6) is 0. The summed E-state index contributed by atoms with van der Waals surface area (Å²) < 4.78 is 2.08. The minimum absolute atomic E-state index is 0.512. The molecule has 1 atom stereocenters. The Labute approximate surface area is 142 Å². The van der Waals surface area contributed by atoms with Gasteiger partial charge in [-0.3, -0.25) is 0 Å². The fraction of sp³-hybridized carbons (Fsp3) is 0.125. The third-order valence-corrected chi connectivity index (χ3v) is 5.01. The summed E-state index contributed by atoms with van der Waals surface area (Å²) >= 11 is 10.4. The molecule has 0 aliphatic carbocycles. The first-order chi connectivity index (χ1) is 9.60. The van der Waals surface area contributed by atoms with E-state index in [-0.39, 0.29) is 0 Å². The highest BCUT2D eigenvalue weighted by molar-refractivity contribution is 9.10. The Morgan fingerprint density at radius 1 is 0.850 bits per heavy atom. The lowest BCUT2D eigenvalue weighted by atomic mass is 9.95. The van der Waals surface area contributed by atoms with E-state index in [1.165, 1.54) is 5.39 Å². The van der Waals surface area contributed by atoms with Crippen molar-refractivity contribution in [2.24, 2.45) is 0 Å². The number of aliphatic hydroxyl groups is 1. The number of aliphatic hydroxyl groups excluding tert-OH is 1. The zero-order valence-corrected chi connectivity index (χ0v) is 15.2. The van der Waals surface area contributed by atoms with E-state index in [9.17, 15) is 5.11 Å². The van der Waals surface area contributed by atoms with Gasteiger partial charge in [0.1, 0.15) is 0 Å². The zero-order valence-electron chi connectivity index (χ0n) is 10.4. The third kappa shape index (κ3) is 2.54. The first-order valence-electron chi connectivity index (χ1n) is 6.15. The van der Waals surface area contributed by atoms with Crippen LogP contribution in [0.25, 0.3) is 21.5 Å². The van der Waals surface area contributed by atoms with Gasteiger partial charge in [0.15, 0.2) is 0 Å². The molecular formula is C16H11Br3O. The van der Waals surface area contributed by atoms with Crippen LogP contribution in [0.3, 0.4) is 0 Å². The van der Waals surface area contributed by atoms with E-state index in [0.29, 0.717) is 5.33 Å². The zero-order chi connectivity index (χ0) is 14.3. The van der Waals surface area contributed by atoms with Crippen LogP contribution in [0.4, 0.5) is 0 Å². The molecule has 0 bridgehead atoms. The van der Waals surface area contributed by atoms with Gasteiger partial charge in [0.05, 0.1) is 6.10 Å². The summed E-state index contributed by atoms with van der Waals surface area (Å²) in [5, 5.41) is 15.3. The SMILES string of the molecule is O[C@H](CBr)c1cc2cc(Br)ccc2c2cc(Br)ccc12. The van der Waals surface area contributed by atoms with Crippen LogP contribution in [0.15, 0.2) is 51.4 Å². The largest absolute Gasteiger partial charge is 0.388 e. The maximum Gasteiger partial charge on any atom is 0.0893 e. The van der Waals surface area contributed by atoms with Crippen LogP contribution >= 0.6 is 47.8 Å². The second kappa shape index (κ2) is 5.76. The average molecular weight is 459 g/mol. The highest BCUT2D eigenvalue weighted by atomic mass is 79.9. The molecule has 4 heteroatoms. The van der Waals surface area contributed by atoms with Gasteiger partial charge in [-0.15, -0.1) is 0 Å². The molecule has 0 saturated heterocycles. The van der Waals surface area contributed by atoms with Crippen molar-refractivity contribution in [3.63, 3.8) is 0 Å². The van der Waals surface area contributed by atoms with Gasteiger partial charge in [0.2, 0.25) is 0 Å². The molecule has 3 rings (SSSR count). The van der Waals surface area contributed by atoms with Gasteiger partial charge < -0.3 is 5.11 Å². The smallest absolute Gasteiger partial charge is 0.0893 e. The maximum absolute atomic E-state index is 10.3. The van der Waals surface area contributed by atoms with Crippen molar-refractivity contribution in [2.45, 2.75) is 6.10 Å². The molecule has 0 fully saturated rings. The Morgan fingerprint density at radius 2 is 1.50 bits per heavy atom. The fourth-order valence-electron chi connectivity index (χ4n) is 2.49. The molecule has 20 heavy (non-hydrogen) atoms. The van der Waals surface area contributed by atoms with Crippen molar-refractivity contribution in [3.05, 3.63) is 57.0 Å². The molecular weight excluding hydrogens is 448 g/mol. The average Bonchev–Trinajstić information content (AvgIpc) is 2.45. The number of halogens is 3. The highest BCUT2D eigenvalue weighted by Gasteiger charge is 2.13. The Balaban J connectivity index is 2.47. The summed E-state index contributed by atoms with van der Waals surface area (Å²) in [4.78, 5) is 0. The first-order valence-corrected chi connectivity index (χ1v) is 8.86. The van der Waals surface area contributed by atoms with Gasteiger partial charge in [-0.1, -0.05) is 59.9 Å². The second-order valence-electron chi connectivity index (χ2n) is 4.69. The Bertz CT molecular complexity index is 798. The predicted octanol–water partition coefficient (Wildman–Crippen LogP) is 5.95. The Hall–Kier alpha value is -0.420. The normalized spacial score (nSPS) is 13.0. The molecule has 0 heterocycles. The topological polar surface area (TPSA) is 20.2 Å². The maximum atomic E-state index is 10.3. The monoisotopic (exact) mass is 456 g/mol. The molecule has 0 radical (unpaired) electrons. The van der Waals surface area contributed by atoms with Gasteiger partial charge in [-0.2, -0.15) is 0 Å². The van der Waals surface area contributed by atoms with Crippen molar-refractivity contribution in [1.82, 2.24) is 0 Å². The van der Waals surface area contributed by atoms with Crippen molar-refractivity contribution < 1.29 is 5.11 Å². The molecule has 3 aromatic carbocycles. The summed E-state index contributed by atoms with van der Waals surface area (Å²) in [6.45, 7) is 0. The van der Waals surface area contributed by atoms with Crippen molar-refractivity contribution >= 4 is 69.3 Å². The number of alkyl halides is 1. The van der Waals surface area contributed by atoms with Gasteiger partial charge >= 0.3 is 0 Å². The fourth-order valence-corrected chi connectivity index (χ4v) is 3.58. The summed E-state index contributed by atoms with van der Waals surface area (Å²) in [5.41, 5.74) is 0.954. The van der Waals surface area contributed by atoms with Crippen LogP contribution in [-0.4, -0.2) is 10.4 Å². The lowest BCUT2D eigenvalue weighted by Gasteiger charge is -2.14.